The monoisotopic (exact) mass is 258 g/mol. The lowest BCUT2D eigenvalue weighted by molar-refractivity contribution is 0.0896. The predicted molar refractivity (Wildman–Crippen MR) is 60.2 cm³/mol. The molecule has 0 spiro atoms. The fraction of sp³-hybridized carbons (Fsp3) is 0.222. The molecule has 2 aromatic rings. The van der Waals surface area contributed by atoms with E-state index in [4.69, 9.17) is 5.73 Å². The second kappa shape index (κ2) is 4.58. The van der Waals surface area contributed by atoms with E-state index < -0.39 is 18.9 Å². The fourth-order valence-electron chi connectivity index (χ4n) is 1.26. The Morgan fingerprint density at radius 1 is 1.47 bits per heavy atom. The molecule has 2 heterocycles. The molecule has 8 heteroatoms. The van der Waals surface area contributed by atoms with Crippen molar-refractivity contribution in [3.8, 4) is 0 Å². The predicted octanol–water partition coefficient (Wildman–Crippen LogP) is 1.27. The molecule has 0 bridgehead atoms. The number of hydrogen-bond acceptors (Lipinski definition) is 5. The number of carbonyl (C=O) groups is 1. The van der Waals surface area contributed by atoms with Gasteiger partial charge in [0.1, 0.15) is 15.2 Å². The van der Waals surface area contributed by atoms with Crippen LogP contribution in [0.5, 0.6) is 0 Å². The number of hydrogen-bond donors (Lipinski definition) is 2. The maximum absolute atomic E-state index is 11.9. The van der Waals surface area contributed by atoms with E-state index in [0.717, 1.165) is 11.3 Å². The summed E-state index contributed by atoms with van der Waals surface area (Å²) in [4.78, 5) is 20.2. The van der Waals surface area contributed by atoms with Crippen LogP contribution in [0.4, 0.5) is 14.5 Å². The largest absolute Gasteiger partial charge is 0.396 e. The lowest BCUT2D eigenvalue weighted by Gasteiger charge is -2.02. The maximum Gasteiger partial charge on any atom is 0.263 e. The van der Waals surface area contributed by atoms with Crippen LogP contribution in [0.15, 0.2) is 12.4 Å². The molecule has 17 heavy (non-hydrogen) atoms. The molecule has 0 unspecified atom stereocenters. The molecule has 0 atom stereocenters. The maximum atomic E-state index is 11.9. The standard InChI is InChI=1S/C9H8F2N4OS/c10-4(11)3-15-8(16)7-5(12)6-9(17-7)14-2-1-13-6/h1-2,4H,3,12H2,(H,15,16). The van der Waals surface area contributed by atoms with Crippen molar-refractivity contribution in [2.75, 3.05) is 12.3 Å². The van der Waals surface area contributed by atoms with E-state index in [1.54, 1.807) is 0 Å². The van der Waals surface area contributed by atoms with Crippen LogP contribution < -0.4 is 11.1 Å². The van der Waals surface area contributed by atoms with Gasteiger partial charge in [0.15, 0.2) is 0 Å². The van der Waals surface area contributed by atoms with Crippen LogP contribution in [-0.2, 0) is 0 Å². The van der Waals surface area contributed by atoms with Crippen molar-refractivity contribution in [2.45, 2.75) is 6.43 Å². The summed E-state index contributed by atoms with van der Waals surface area (Å²) in [6.07, 6.45) is 0.330. The number of aromatic nitrogens is 2. The topological polar surface area (TPSA) is 80.9 Å². The molecule has 0 fully saturated rings. The Bertz CT molecular complexity index is 557. The van der Waals surface area contributed by atoms with Gasteiger partial charge < -0.3 is 11.1 Å². The first-order valence-corrected chi connectivity index (χ1v) is 5.46. The molecule has 0 aliphatic rings. The number of fused-ring (bicyclic) bond motifs is 1. The number of nitrogen functional groups attached to an aromatic ring is 1. The molecule has 3 N–H and O–H groups in total. The zero-order valence-corrected chi connectivity index (χ0v) is 9.30. The summed E-state index contributed by atoms with van der Waals surface area (Å²) in [5, 5.41) is 2.09. The van der Waals surface area contributed by atoms with E-state index in [2.05, 4.69) is 15.3 Å². The Kier molecular flexibility index (Phi) is 3.14. The molecule has 0 saturated carbocycles. The Morgan fingerprint density at radius 3 is 2.82 bits per heavy atom. The molecule has 5 nitrogen and oxygen atoms in total. The Balaban J connectivity index is 2.29. The third-order valence-corrected chi connectivity index (χ3v) is 3.09. The molecular formula is C9H8F2N4OS. The third kappa shape index (κ3) is 2.31. The molecule has 0 aliphatic carbocycles. The van der Waals surface area contributed by atoms with Crippen molar-refractivity contribution in [2.24, 2.45) is 0 Å². The molecule has 2 rings (SSSR count). The van der Waals surface area contributed by atoms with Gasteiger partial charge in [-0.3, -0.25) is 4.79 Å². The fourth-order valence-corrected chi connectivity index (χ4v) is 2.20. The third-order valence-electron chi connectivity index (χ3n) is 1.99. The Labute approximate surface area is 98.7 Å². The summed E-state index contributed by atoms with van der Waals surface area (Å²) in [6.45, 7) is -0.701. The van der Waals surface area contributed by atoms with Crippen molar-refractivity contribution < 1.29 is 13.6 Å². The average Bonchev–Trinajstić information content (AvgIpc) is 2.64. The Hall–Kier alpha value is -1.83. The van der Waals surface area contributed by atoms with E-state index in [9.17, 15) is 13.6 Å². The van der Waals surface area contributed by atoms with Crippen LogP contribution in [0.2, 0.25) is 0 Å². The van der Waals surface area contributed by atoms with Crippen LogP contribution in [0, 0.1) is 0 Å². The van der Waals surface area contributed by atoms with Gasteiger partial charge in [0, 0.05) is 12.4 Å². The first-order valence-electron chi connectivity index (χ1n) is 4.65. The molecule has 90 valence electrons. The Morgan fingerprint density at radius 2 is 2.18 bits per heavy atom. The van der Waals surface area contributed by atoms with Crippen LogP contribution >= 0.6 is 11.3 Å². The summed E-state index contributed by atoms with van der Waals surface area (Å²) in [7, 11) is 0. The first kappa shape index (κ1) is 11.6. The summed E-state index contributed by atoms with van der Waals surface area (Å²) < 4.78 is 23.9. The second-order valence-electron chi connectivity index (χ2n) is 3.16. The second-order valence-corrected chi connectivity index (χ2v) is 4.16. The number of nitrogens with two attached hydrogens (primary N) is 1. The van der Waals surface area contributed by atoms with Crippen molar-refractivity contribution in [1.82, 2.24) is 15.3 Å². The smallest absolute Gasteiger partial charge is 0.263 e. The van der Waals surface area contributed by atoms with Crippen molar-refractivity contribution in [3.63, 3.8) is 0 Å². The SMILES string of the molecule is Nc1c(C(=O)NCC(F)F)sc2nccnc12. The lowest BCUT2D eigenvalue weighted by Crippen LogP contribution is -2.28. The van der Waals surface area contributed by atoms with Gasteiger partial charge >= 0.3 is 0 Å². The number of alkyl halides is 2. The van der Waals surface area contributed by atoms with Gasteiger partial charge in [-0.1, -0.05) is 0 Å². The average molecular weight is 258 g/mol. The van der Waals surface area contributed by atoms with Gasteiger partial charge in [-0.05, 0) is 0 Å². The zero-order chi connectivity index (χ0) is 12.4. The minimum absolute atomic E-state index is 0.159. The van der Waals surface area contributed by atoms with Crippen LogP contribution in [0.1, 0.15) is 9.67 Å². The first-order chi connectivity index (χ1) is 8.09. The summed E-state index contributed by atoms with van der Waals surface area (Å²) in [5.41, 5.74) is 6.29. The normalized spacial score (nSPS) is 11.0. The van der Waals surface area contributed by atoms with Gasteiger partial charge in [0.05, 0.1) is 12.2 Å². The van der Waals surface area contributed by atoms with Crippen molar-refractivity contribution in [3.05, 3.63) is 17.3 Å². The minimum Gasteiger partial charge on any atom is -0.396 e. The highest BCUT2D eigenvalue weighted by Gasteiger charge is 2.18. The molecular weight excluding hydrogens is 250 g/mol. The number of anilines is 1. The van der Waals surface area contributed by atoms with E-state index >= 15 is 0 Å². The highest BCUT2D eigenvalue weighted by atomic mass is 32.1. The van der Waals surface area contributed by atoms with E-state index in [1.807, 2.05) is 0 Å². The minimum atomic E-state index is -2.59. The van der Waals surface area contributed by atoms with Gasteiger partial charge in [0.25, 0.3) is 12.3 Å². The van der Waals surface area contributed by atoms with Crippen molar-refractivity contribution >= 4 is 33.3 Å². The van der Waals surface area contributed by atoms with Gasteiger partial charge in [-0.25, -0.2) is 18.7 Å². The van der Waals surface area contributed by atoms with Gasteiger partial charge in [0.2, 0.25) is 0 Å². The number of carbonyl (C=O) groups excluding carboxylic acids is 1. The molecule has 0 radical (unpaired) electrons. The van der Waals surface area contributed by atoms with Gasteiger partial charge in [-0.2, -0.15) is 0 Å². The van der Waals surface area contributed by atoms with Gasteiger partial charge in [-0.15, -0.1) is 11.3 Å². The van der Waals surface area contributed by atoms with Crippen LogP contribution in [0.3, 0.4) is 0 Å². The molecule has 0 aromatic carbocycles. The number of rotatable bonds is 3. The highest BCUT2D eigenvalue weighted by Crippen LogP contribution is 2.30. The highest BCUT2D eigenvalue weighted by molar-refractivity contribution is 7.21. The molecule has 2 aromatic heterocycles. The number of thiophene rings is 1. The summed E-state index contributed by atoms with van der Waals surface area (Å²) in [6, 6.07) is 0. The lowest BCUT2D eigenvalue weighted by atomic mass is 10.3. The number of amides is 1. The van der Waals surface area contributed by atoms with E-state index in [1.165, 1.54) is 12.4 Å². The van der Waals surface area contributed by atoms with E-state index in [-0.39, 0.29) is 10.6 Å². The zero-order valence-electron chi connectivity index (χ0n) is 8.48. The van der Waals surface area contributed by atoms with E-state index in [0.29, 0.717) is 10.3 Å². The molecule has 0 aliphatic heterocycles. The molecule has 0 saturated heterocycles. The summed E-state index contributed by atoms with van der Waals surface area (Å²) in [5.74, 6) is -0.632. The van der Waals surface area contributed by atoms with Crippen LogP contribution in [-0.4, -0.2) is 28.8 Å². The molecule has 1 amide bonds. The number of nitrogens with zero attached hydrogens (tertiary/aromatic N) is 2. The summed E-state index contributed by atoms with van der Waals surface area (Å²) >= 11 is 1.03. The quantitative estimate of drug-likeness (QED) is 0.868. The van der Waals surface area contributed by atoms with Crippen LogP contribution in [0.25, 0.3) is 10.3 Å². The van der Waals surface area contributed by atoms with Crippen molar-refractivity contribution in [1.29, 1.82) is 0 Å². The number of halogens is 2. The number of nitrogens with one attached hydrogen (secondary N) is 1.